The van der Waals surface area contributed by atoms with Gasteiger partial charge in [-0.1, -0.05) is 30.7 Å². The number of halogens is 1. The highest BCUT2D eigenvalue weighted by Gasteiger charge is 2.37. The molecule has 0 saturated heterocycles. The van der Waals surface area contributed by atoms with Crippen LogP contribution in [0.1, 0.15) is 32.8 Å². The molecule has 3 rings (SSSR count). The van der Waals surface area contributed by atoms with Crippen molar-refractivity contribution in [2.75, 3.05) is 22.8 Å². The molecular formula is C21H25ClN2O4S. The lowest BCUT2D eigenvalue weighted by Gasteiger charge is -2.28. The second-order valence-electron chi connectivity index (χ2n) is 7.80. The summed E-state index contributed by atoms with van der Waals surface area (Å²) in [5.74, 6) is 0.318. The summed E-state index contributed by atoms with van der Waals surface area (Å²) in [6.07, 6.45) is 0.770. The van der Waals surface area contributed by atoms with E-state index in [1.165, 1.54) is 0 Å². The third kappa shape index (κ3) is 5.03. The summed E-state index contributed by atoms with van der Waals surface area (Å²) in [5.41, 5.74) is 0.876. The molecule has 6 nitrogen and oxygen atoms in total. The molecule has 0 aromatic heterocycles. The van der Waals surface area contributed by atoms with Crippen LogP contribution < -0.4 is 14.4 Å². The Morgan fingerprint density at radius 2 is 1.97 bits per heavy atom. The lowest BCUT2D eigenvalue weighted by atomic mass is 9.93. The van der Waals surface area contributed by atoms with E-state index >= 15 is 0 Å². The minimum absolute atomic E-state index is 0.0444. The van der Waals surface area contributed by atoms with Crippen LogP contribution >= 0.6 is 11.6 Å². The van der Waals surface area contributed by atoms with E-state index in [0.29, 0.717) is 34.3 Å². The molecule has 1 amide bonds. The summed E-state index contributed by atoms with van der Waals surface area (Å²) in [5, 5.41) is 0.483. The van der Waals surface area contributed by atoms with Crippen molar-refractivity contribution in [2.24, 2.45) is 5.41 Å². The SMILES string of the molecule is CCCN1C(=O)C(C)(C)COc2ccc(NS(=O)(=O)Cc3cccc(Cl)c3)cc21. The van der Waals surface area contributed by atoms with E-state index < -0.39 is 15.4 Å². The highest BCUT2D eigenvalue weighted by Crippen LogP contribution is 2.38. The second-order valence-corrected chi connectivity index (χ2v) is 9.96. The summed E-state index contributed by atoms with van der Waals surface area (Å²) in [4.78, 5) is 14.7. The first-order valence-corrected chi connectivity index (χ1v) is 11.5. The Labute approximate surface area is 176 Å². The molecule has 1 aliphatic rings. The first-order valence-electron chi connectivity index (χ1n) is 9.45. The predicted octanol–water partition coefficient (Wildman–Crippen LogP) is 4.44. The summed E-state index contributed by atoms with van der Waals surface area (Å²) >= 11 is 5.94. The number of benzene rings is 2. The van der Waals surface area contributed by atoms with Gasteiger partial charge in [-0.25, -0.2) is 8.42 Å². The Hall–Kier alpha value is -2.25. The van der Waals surface area contributed by atoms with Gasteiger partial charge >= 0.3 is 0 Å². The van der Waals surface area contributed by atoms with Crippen LogP contribution in [0.3, 0.4) is 0 Å². The molecule has 0 aliphatic carbocycles. The number of anilines is 2. The van der Waals surface area contributed by atoms with E-state index in [-0.39, 0.29) is 18.3 Å². The van der Waals surface area contributed by atoms with Gasteiger partial charge in [0, 0.05) is 11.6 Å². The van der Waals surface area contributed by atoms with Gasteiger partial charge in [-0.3, -0.25) is 9.52 Å². The van der Waals surface area contributed by atoms with Crippen molar-refractivity contribution in [3.63, 3.8) is 0 Å². The maximum absolute atomic E-state index is 13.0. The Morgan fingerprint density at radius 3 is 2.66 bits per heavy atom. The predicted molar refractivity (Wildman–Crippen MR) is 116 cm³/mol. The zero-order valence-electron chi connectivity index (χ0n) is 16.7. The van der Waals surface area contributed by atoms with Gasteiger partial charge in [0.25, 0.3) is 0 Å². The number of rotatable bonds is 6. The van der Waals surface area contributed by atoms with Crippen molar-refractivity contribution in [1.29, 1.82) is 0 Å². The summed E-state index contributed by atoms with van der Waals surface area (Å²) in [7, 11) is -3.66. The van der Waals surface area contributed by atoms with Crippen LogP contribution in [0.5, 0.6) is 5.75 Å². The number of hydrogen-bond acceptors (Lipinski definition) is 4. The molecule has 8 heteroatoms. The fourth-order valence-electron chi connectivity index (χ4n) is 3.22. The number of ether oxygens (including phenoxy) is 1. The topological polar surface area (TPSA) is 75.7 Å². The number of nitrogens with one attached hydrogen (secondary N) is 1. The minimum Gasteiger partial charge on any atom is -0.490 e. The van der Waals surface area contributed by atoms with Crippen molar-refractivity contribution >= 4 is 38.9 Å². The first-order chi connectivity index (χ1) is 13.6. The molecule has 0 spiro atoms. The Bertz CT molecular complexity index is 1020. The van der Waals surface area contributed by atoms with E-state index in [1.807, 2.05) is 20.8 Å². The van der Waals surface area contributed by atoms with Crippen LogP contribution in [-0.2, 0) is 20.6 Å². The molecule has 0 atom stereocenters. The Morgan fingerprint density at radius 1 is 1.21 bits per heavy atom. The van der Waals surface area contributed by atoms with Crippen LogP contribution in [0.4, 0.5) is 11.4 Å². The van der Waals surface area contributed by atoms with Crippen LogP contribution in [0.15, 0.2) is 42.5 Å². The Kier molecular flexibility index (Phi) is 6.10. The monoisotopic (exact) mass is 436 g/mol. The number of fused-ring (bicyclic) bond motifs is 1. The van der Waals surface area contributed by atoms with Gasteiger partial charge in [0.1, 0.15) is 12.4 Å². The van der Waals surface area contributed by atoms with Crippen molar-refractivity contribution < 1.29 is 17.9 Å². The van der Waals surface area contributed by atoms with Crippen LogP contribution in [-0.4, -0.2) is 27.5 Å². The number of carbonyl (C=O) groups excluding carboxylic acids is 1. The molecule has 0 bridgehead atoms. The van der Waals surface area contributed by atoms with Gasteiger partial charge in [0.05, 0.1) is 22.5 Å². The van der Waals surface area contributed by atoms with Crippen molar-refractivity contribution in [3.8, 4) is 5.75 Å². The van der Waals surface area contributed by atoms with Crippen molar-refractivity contribution in [1.82, 2.24) is 0 Å². The average molecular weight is 437 g/mol. The largest absolute Gasteiger partial charge is 0.490 e. The third-order valence-corrected chi connectivity index (χ3v) is 6.12. The molecule has 0 radical (unpaired) electrons. The van der Waals surface area contributed by atoms with E-state index in [2.05, 4.69) is 4.72 Å². The smallest absolute Gasteiger partial charge is 0.236 e. The molecule has 0 unspecified atom stereocenters. The molecule has 1 heterocycles. The minimum atomic E-state index is -3.66. The molecule has 156 valence electrons. The normalized spacial score (nSPS) is 16.0. The van der Waals surface area contributed by atoms with Gasteiger partial charge < -0.3 is 9.64 Å². The highest BCUT2D eigenvalue weighted by molar-refractivity contribution is 7.91. The molecule has 2 aromatic rings. The molecular weight excluding hydrogens is 412 g/mol. The number of carbonyl (C=O) groups is 1. The number of sulfonamides is 1. The van der Waals surface area contributed by atoms with Gasteiger partial charge in [-0.2, -0.15) is 0 Å². The molecule has 0 saturated carbocycles. The lowest BCUT2D eigenvalue weighted by molar-refractivity contribution is -0.127. The molecule has 1 aliphatic heterocycles. The van der Waals surface area contributed by atoms with Crippen molar-refractivity contribution in [2.45, 2.75) is 32.9 Å². The second kappa shape index (κ2) is 8.24. The summed E-state index contributed by atoms with van der Waals surface area (Å²) in [6.45, 7) is 6.47. The molecule has 0 fully saturated rings. The van der Waals surface area contributed by atoms with Crippen LogP contribution in [0, 0.1) is 5.41 Å². The third-order valence-electron chi connectivity index (χ3n) is 4.63. The summed E-state index contributed by atoms with van der Waals surface area (Å²) < 4.78 is 33.7. The highest BCUT2D eigenvalue weighted by atomic mass is 35.5. The number of amides is 1. The van der Waals surface area contributed by atoms with Gasteiger partial charge in [0.2, 0.25) is 15.9 Å². The first kappa shape index (κ1) is 21.5. The zero-order valence-corrected chi connectivity index (χ0v) is 18.3. The zero-order chi connectivity index (χ0) is 21.2. The molecule has 1 N–H and O–H groups in total. The number of hydrogen-bond donors (Lipinski definition) is 1. The van der Waals surface area contributed by atoms with E-state index in [4.69, 9.17) is 16.3 Å². The quantitative estimate of drug-likeness (QED) is 0.726. The summed E-state index contributed by atoms with van der Waals surface area (Å²) in [6, 6.07) is 11.7. The number of nitrogens with zero attached hydrogens (tertiary/aromatic N) is 1. The van der Waals surface area contributed by atoms with Crippen LogP contribution in [0.25, 0.3) is 0 Å². The maximum atomic E-state index is 13.0. The average Bonchev–Trinajstić information content (AvgIpc) is 2.71. The van der Waals surface area contributed by atoms with E-state index in [1.54, 1.807) is 47.4 Å². The van der Waals surface area contributed by atoms with Crippen molar-refractivity contribution in [3.05, 3.63) is 53.1 Å². The van der Waals surface area contributed by atoms with E-state index in [9.17, 15) is 13.2 Å². The fraction of sp³-hybridized carbons (Fsp3) is 0.381. The van der Waals surface area contributed by atoms with Gasteiger partial charge in [-0.05, 0) is 56.2 Å². The van der Waals surface area contributed by atoms with E-state index in [0.717, 1.165) is 6.42 Å². The van der Waals surface area contributed by atoms with Gasteiger partial charge in [0.15, 0.2) is 0 Å². The standard InChI is InChI=1S/C21H25ClN2O4S/c1-4-10-24-18-12-17(8-9-19(18)28-14-21(2,3)20(24)25)23-29(26,27)13-15-6-5-7-16(22)11-15/h5-9,11-12,23H,4,10,13-14H2,1-3H3. The fourth-order valence-corrected chi connectivity index (χ4v) is 4.61. The lowest BCUT2D eigenvalue weighted by Crippen LogP contribution is -2.42. The van der Waals surface area contributed by atoms with Crippen LogP contribution in [0.2, 0.25) is 5.02 Å². The maximum Gasteiger partial charge on any atom is 0.236 e. The Balaban J connectivity index is 1.89. The molecule has 2 aromatic carbocycles. The van der Waals surface area contributed by atoms with Gasteiger partial charge in [-0.15, -0.1) is 0 Å². The molecule has 29 heavy (non-hydrogen) atoms.